The molecule has 0 aromatic heterocycles. The molecule has 0 heterocycles. The highest BCUT2D eigenvalue weighted by Crippen LogP contribution is 2.18. The van der Waals surface area contributed by atoms with Gasteiger partial charge in [0.05, 0.1) is 5.56 Å². The number of nitrogens with one attached hydrogen (secondary N) is 2. The second-order valence-corrected chi connectivity index (χ2v) is 4.15. The van der Waals surface area contributed by atoms with Gasteiger partial charge in [0.1, 0.15) is 11.6 Å². The van der Waals surface area contributed by atoms with Gasteiger partial charge in [-0.2, -0.15) is 0 Å². The van der Waals surface area contributed by atoms with Crippen LogP contribution in [0.4, 0.5) is 4.39 Å². The molecule has 1 aromatic carbocycles. The van der Waals surface area contributed by atoms with Gasteiger partial charge < -0.3 is 15.7 Å². The lowest BCUT2D eigenvalue weighted by Gasteiger charge is -2.07. The van der Waals surface area contributed by atoms with Crippen LogP contribution in [0.2, 0.25) is 0 Å². The molecule has 0 unspecified atom stereocenters. The maximum atomic E-state index is 13.3. The van der Waals surface area contributed by atoms with Crippen LogP contribution in [0.1, 0.15) is 23.2 Å². The second kappa shape index (κ2) is 5.14. The van der Waals surface area contributed by atoms with Crippen LogP contribution < -0.4 is 10.6 Å². The van der Waals surface area contributed by atoms with Crippen LogP contribution in [0.25, 0.3) is 0 Å². The van der Waals surface area contributed by atoms with Gasteiger partial charge in [0.15, 0.2) is 0 Å². The maximum Gasteiger partial charge on any atom is 0.254 e. The van der Waals surface area contributed by atoms with Crippen LogP contribution in [0.3, 0.4) is 0 Å². The lowest BCUT2D eigenvalue weighted by Crippen LogP contribution is -2.33. The zero-order chi connectivity index (χ0) is 12.3. The molecule has 2 rings (SSSR count). The Hall–Kier alpha value is -1.62. The third-order valence-corrected chi connectivity index (χ3v) is 2.62. The van der Waals surface area contributed by atoms with Crippen molar-refractivity contribution in [3.05, 3.63) is 29.6 Å². The van der Waals surface area contributed by atoms with E-state index in [1.165, 1.54) is 25.0 Å². The van der Waals surface area contributed by atoms with E-state index in [0.29, 0.717) is 19.1 Å². The normalized spacial score (nSPS) is 14.6. The Morgan fingerprint density at radius 2 is 2.18 bits per heavy atom. The lowest BCUT2D eigenvalue weighted by atomic mass is 10.2. The number of carbonyl (C=O) groups is 1. The first-order valence-electron chi connectivity index (χ1n) is 5.67. The molecule has 1 aliphatic rings. The minimum atomic E-state index is -0.711. The zero-order valence-corrected chi connectivity index (χ0v) is 9.37. The highest BCUT2D eigenvalue weighted by Gasteiger charge is 2.19. The number of amides is 1. The van der Waals surface area contributed by atoms with Crippen LogP contribution in [-0.2, 0) is 0 Å². The van der Waals surface area contributed by atoms with Crippen molar-refractivity contribution >= 4 is 5.91 Å². The lowest BCUT2D eigenvalue weighted by molar-refractivity contribution is 0.0950. The van der Waals surface area contributed by atoms with E-state index in [4.69, 9.17) is 5.11 Å². The van der Waals surface area contributed by atoms with Crippen molar-refractivity contribution in [1.29, 1.82) is 0 Å². The Kier molecular flexibility index (Phi) is 3.58. The smallest absolute Gasteiger partial charge is 0.254 e. The SMILES string of the molecule is O=C(NCCNC1CC1)c1ccc(O)cc1F. The molecule has 17 heavy (non-hydrogen) atoms. The van der Waals surface area contributed by atoms with Crippen molar-refractivity contribution in [2.24, 2.45) is 0 Å². The van der Waals surface area contributed by atoms with E-state index < -0.39 is 11.7 Å². The summed E-state index contributed by atoms with van der Waals surface area (Å²) in [6.07, 6.45) is 2.39. The third kappa shape index (κ3) is 3.42. The molecule has 1 aliphatic carbocycles. The molecule has 0 atom stereocenters. The number of carbonyl (C=O) groups excluding carboxylic acids is 1. The number of hydrogen-bond acceptors (Lipinski definition) is 3. The first-order valence-corrected chi connectivity index (χ1v) is 5.67. The molecular weight excluding hydrogens is 223 g/mol. The number of rotatable bonds is 5. The highest BCUT2D eigenvalue weighted by atomic mass is 19.1. The summed E-state index contributed by atoms with van der Waals surface area (Å²) >= 11 is 0. The molecule has 0 bridgehead atoms. The molecular formula is C12H15FN2O2. The zero-order valence-electron chi connectivity index (χ0n) is 9.37. The summed E-state index contributed by atoms with van der Waals surface area (Å²) in [5.41, 5.74) is -0.0470. The topological polar surface area (TPSA) is 61.4 Å². The van der Waals surface area contributed by atoms with Crippen molar-refractivity contribution in [2.75, 3.05) is 13.1 Å². The molecule has 4 nitrogen and oxygen atoms in total. The van der Waals surface area contributed by atoms with E-state index in [9.17, 15) is 9.18 Å². The second-order valence-electron chi connectivity index (χ2n) is 4.15. The molecule has 92 valence electrons. The van der Waals surface area contributed by atoms with E-state index in [0.717, 1.165) is 6.07 Å². The van der Waals surface area contributed by atoms with Gasteiger partial charge >= 0.3 is 0 Å². The Morgan fingerprint density at radius 3 is 2.82 bits per heavy atom. The number of benzene rings is 1. The van der Waals surface area contributed by atoms with Gasteiger partial charge in [0.25, 0.3) is 5.91 Å². The van der Waals surface area contributed by atoms with Crippen molar-refractivity contribution in [2.45, 2.75) is 18.9 Å². The van der Waals surface area contributed by atoms with E-state index in [-0.39, 0.29) is 11.3 Å². The van der Waals surface area contributed by atoms with Gasteiger partial charge in [-0.05, 0) is 25.0 Å². The van der Waals surface area contributed by atoms with Crippen molar-refractivity contribution < 1.29 is 14.3 Å². The average Bonchev–Trinajstić information content (AvgIpc) is 3.08. The molecule has 0 radical (unpaired) electrons. The van der Waals surface area contributed by atoms with Gasteiger partial charge in [0.2, 0.25) is 0 Å². The maximum absolute atomic E-state index is 13.3. The monoisotopic (exact) mass is 238 g/mol. The standard InChI is InChI=1S/C12H15FN2O2/c13-11-7-9(16)3-4-10(11)12(17)15-6-5-14-8-1-2-8/h3-4,7-8,14,16H,1-2,5-6H2,(H,15,17). The summed E-state index contributed by atoms with van der Waals surface area (Å²) in [6, 6.07) is 4.09. The van der Waals surface area contributed by atoms with Crippen molar-refractivity contribution in [3.8, 4) is 5.75 Å². The van der Waals surface area contributed by atoms with Crippen LogP contribution in [0.15, 0.2) is 18.2 Å². The van der Waals surface area contributed by atoms with E-state index >= 15 is 0 Å². The number of phenols is 1. The molecule has 0 spiro atoms. The predicted molar refractivity (Wildman–Crippen MR) is 61.4 cm³/mol. The predicted octanol–water partition coefficient (Wildman–Crippen LogP) is 1.01. The number of aromatic hydroxyl groups is 1. The van der Waals surface area contributed by atoms with Crippen molar-refractivity contribution in [1.82, 2.24) is 10.6 Å². The first kappa shape index (κ1) is 11.9. The van der Waals surface area contributed by atoms with E-state index in [1.807, 2.05) is 0 Å². The summed E-state index contributed by atoms with van der Waals surface area (Å²) in [5, 5.41) is 14.9. The Bertz CT molecular complexity index is 419. The van der Waals surface area contributed by atoms with Crippen LogP contribution in [0.5, 0.6) is 5.75 Å². The van der Waals surface area contributed by atoms with Gasteiger partial charge in [-0.3, -0.25) is 4.79 Å². The summed E-state index contributed by atoms with van der Waals surface area (Å²) in [4.78, 5) is 11.6. The summed E-state index contributed by atoms with van der Waals surface area (Å²) in [6.45, 7) is 1.16. The molecule has 5 heteroatoms. The van der Waals surface area contributed by atoms with E-state index in [1.54, 1.807) is 0 Å². The Morgan fingerprint density at radius 1 is 1.41 bits per heavy atom. The van der Waals surface area contributed by atoms with Gasteiger partial charge in [0, 0.05) is 25.2 Å². The fraction of sp³-hybridized carbons (Fsp3) is 0.417. The van der Waals surface area contributed by atoms with Crippen LogP contribution in [0, 0.1) is 5.82 Å². The fourth-order valence-corrected chi connectivity index (χ4v) is 1.52. The van der Waals surface area contributed by atoms with Crippen molar-refractivity contribution in [3.63, 3.8) is 0 Å². The average molecular weight is 238 g/mol. The fourth-order valence-electron chi connectivity index (χ4n) is 1.52. The summed E-state index contributed by atoms with van der Waals surface area (Å²) in [5.74, 6) is -1.35. The molecule has 0 aliphatic heterocycles. The third-order valence-electron chi connectivity index (χ3n) is 2.62. The molecule has 1 amide bonds. The highest BCUT2D eigenvalue weighted by molar-refractivity contribution is 5.94. The molecule has 1 saturated carbocycles. The summed E-state index contributed by atoms with van der Waals surface area (Å²) < 4.78 is 13.3. The molecule has 3 N–H and O–H groups in total. The molecule has 1 fully saturated rings. The van der Waals surface area contributed by atoms with Gasteiger partial charge in [-0.1, -0.05) is 0 Å². The number of halogens is 1. The minimum absolute atomic E-state index is 0.0470. The summed E-state index contributed by atoms with van der Waals surface area (Å²) in [7, 11) is 0. The largest absolute Gasteiger partial charge is 0.508 e. The minimum Gasteiger partial charge on any atom is -0.508 e. The number of hydrogen-bond donors (Lipinski definition) is 3. The molecule has 1 aromatic rings. The van der Waals surface area contributed by atoms with E-state index in [2.05, 4.69) is 10.6 Å². The Labute approximate surface area is 98.8 Å². The Balaban J connectivity index is 1.81. The first-order chi connectivity index (χ1) is 8.16. The van der Waals surface area contributed by atoms with Gasteiger partial charge in [-0.15, -0.1) is 0 Å². The quantitative estimate of drug-likeness (QED) is 0.671. The van der Waals surface area contributed by atoms with Crippen LogP contribution in [-0.4, -0.2) is 30.1 Å². The van der Waals surface area contributed by atoms with Crippen LogP contribution >= 0.6 is 0 Å². The molecule has 0 saturated heterocycles. The van der Waals surface area contributed by atoms with Gasteiger partial charge in [-0.25, -0.2) is 4.39 Å². The number of phenolic OH excluding ortho intramolecular Hbond substituents is 1.